The summed E-state index contributed by atoms with van der Waals surface area (Å²) in [6.07, 6.45) is 5.90. The summed E-state index contributed by atoms with van der Waals surface area (Å²) in [6.45, 7) is 0. The van der Waals surface area contributed by atoms with Crippen LogP contribution < -0.4 is 0 Å². The van der Waals surface area contributed by atoms with Gasteiger partial charge in [-0.05, 0) is 31.0 Å². The molecule has 0 radical (unpaired) electrons. The van der Waals surface area contributed by atoms with Crippen molar-refractivity contribution in [1.29, 1.82) is 0 Å². The predicted molar refractivity (Wildman–Crippen MR) is 62.2 cm³/mol. The third kappa shape index (κ3) is 1.91. The molecule has 2 heterocycles. The highest BCUT2D eigenvalue weighted by molar-refractivity contribution is 6.29. The summed E-state index contributed by atoms with van der Waals surface area (Å²) in [5.74, 6) is 1.25. The smallest absolute Gasteiger partial charge is 0.162 e. The minimum Gasteiger partial charge on any atom is -0.264 e. The summed E-state index contributed by atoms with van der Waals surface area (Å²) >= 11 is 6.00. The molecule has 0 saturated heterocycles. The molecule has 2 aromatic heterocycles. The second-order valence-electron chi connectivity index (χ2n) is 3.96. The molecule has 80 valence electrons. The number of halogens is 1. The van der Waals surface area contributed by atoms with Gasteiger partial charge in [-0.15, -0.1) is 0 Å². The van der Waals surface area contributed by atoms with Crippen LogP contribution in [0.3, 0.4) is 0 Å². The Kier molecular flexibility index (Phi) is 2.33. The van der Waals surface area contributed by atoms with E-state index in [1.807, 2.05) is 18.2 Å². The van der Waals surface area contributed by atoms with Crippen molar-refractivity contribution in [2.45, 2.75) is 18.8 Å². The maximum absolute atomic E-state index is 6.00. The second-order valence-corrected chi connectivity index (χ2v) is 4.34. The molecule has 1 aliphatic rings. The first-order chi connectivity index (χ1) is 7.83. The van der Waals surface area contributed by atoms with Crippen molar-refractivity contribution < 1.29 is 0 Å². The standard InChI is InChI=1S/C12H10ClN3/c13-11-6-10(8-3-4-8)15-12(16-11)9-2-1-5-14-7-9/h1-2,5-8H,3-4H2. The minimum absolute atomic E-state index is 0.510. The summed E-state index contributed by atoms with van der Waals surface area (Å²) in [5, 5.41) is 0.510. The highest BCUT2D eigenvalue weighted by atomic mass is 35.5. The van der Waals surface area contributed by atoms with Gasteiger partial charge in [0.15, 0.2) is 5.82 Å². The molecule has 1 aliphatic carbocycles. The van der Waals surface area contributed by atoms with Gasteiger partial charge in [0.25, 0.3) is 0 Å². The van der Waals surface area contributed by atoms with Gasteiger partial charge in [0.05, 0.1) is 0 Å². The molecule has 2 aromatic rings. The van der Waals surface area contributed by atoms with Crippen molar-refractivity contribution in [1.82, 2.24) is 15.0 Å². The van der Waals surface area contributed by atoms with Crippen LogP contribution in [0, 0.1) is 0 Å². The molecule has 0 N–H and O–H groups in total. The van der Waals surface area contributed by atoms with E-state index in [1.54, 1.807) is 12.4 Å². The largest absolute Gasteiger partial charge is 0.264 e. The van der Waals surface area contributed by atoms with Gasteiger partial charge in [-0.25, -0.2) is 9.97 Å². The van der Waals surface area contributed by atoms with Crippen molar-refractivity contribution in [3.8, 4) is 11.4 Å². The van der Waals surface area contributed by atoms with Gasteiger partial charge in [0.2, 0.25) is 0 Å². The Hall–Kier alpha value is -1.48. The molecule has 0 aliphatic heterocycles. The Balaban J connectivity index is 2.06. The lowest BCUT2D eigenvalue weighted by atomic mass is 10.2. The third-order valence-electron chi connectivity index (χ3n) is 2.63. The van der Waals surface area contributed by atoms with Crippen LogP contribution in [0.5, 0.6) is 0 Å². The van der Waals surface area contributed by atoms with Crippen LogP contribution in [0.1, 0.15) is 24.5 Å². The van der Waals surface area contributed by atoms with Gasteiger partial charge in [-0.1, -0.05) is 11.6 Å². The van der Waals surface area contributed by atoms with Crippen LogP contribution in [-0.2, 0) is 0 Å². The Morgan fingerprint density at radius 1 is 1.25 bits per heavy atom. The normalized spacial score (nSPS) is 15.1. The van der Waals surface area contributed by atoms with Crippen molar-refractivity contribution in [2.24, 2.45) is 0 Å². The van der Waals surface area contributed by atoms with Crippen molar-refractivity contribution in [3.63, 3.8) is 0 Å². The molecule has 1 fully saturated rings. The highest BCUT2D eigenvalue weighted by Crippen LogP contribution is 2.40. The maximum Gasteiger partial charge on any atom is 0.162 e. The number of nitrogens with zero attached hydrogens (tertiary/aromatic N) is 3. The number of pyridine rings is 1. The van der Waals surface area contributed by atoms with E-state index in [9.17, 15) is 0 Å². The molecule has 3 nitrogen and oxygen atoms in total. The first-order valence-corrected chi connectivity index (χ1v) is 5.65. The predicted octanol–water partition coefficient (Wildman–Crippen LogP) is 3.07. The van der Waals surface area contributed by atoms with E-state index in [-0.39, 0.29) is 0 Å². The van der Waals surface area contributed by atoms with Crippen LogP contribution in [-0.4, -0.2) is 15.0 Å². The zero-order valence-corrected chi connectivity index (χ0v) is 9.35. The number of hydrogen-bond acceptors (Lipinski definition) is 3. The molecule has 4 heteroatoms. The Labute approximate surface area is 98.5 Å². The maximum atomic E-state index is 6.00. The first kappa shape index (κ1) is 9.73. The topological polar surface area (TPSA) is 38.7 Å². The fraction of sp³-hybridized carbons (Fsp3) is 0.250. The molecule has 0 atom stereocenters. The quantitative estimate of drug-likeness (QED) is 0.746. The number of hydrogen-bond donors (Lipinski definition) is 0. The average Bonchev–Trinajstić information content (AvgIpc) is 3.13. The highest BCUT2D eigenvalue weighted by Gasteiger charge is 2.26. The molecule has 0 aromatic carbocycles. The average molecular weight is 232 g/mol. The SMILES string of the molecule is Clc1cc(C2CC2)nc(-c2cccnc2)n1. The lowest BCUT2D eigenvalue weighted by Gasteiger charge is -2.03. The van der Waals surface area contributed by atoms with E-state index in [0.717, 1.165) is 11.3 Å². The van der Waals surface area contributed by atoms with Crippen LogP contribution in [0.2, 0.25) is 5.15 Å². The van der Waals surface area contributed by atoms with E-state index in [0.29, 0.717) is 16.9 Å². The zero-order valence-electron chi connectivity index (χ0n) is 8.60. The van der Waals surface area contributed by atoms with Crippen LogP contribution in [0.25, 0.3) is 11.4 Å². The summed E-state index contributed by atoms with van der Waals surface area (Å²) in [7, 11) is 0. The lowest BCUT2D eigenvalue weighted by Crippen LogP contribution is -1.95. The van der Waals surface area contributed by atoms with Gasteiger partial charge in [-0.3, -0.25) is 4.98 Å². The Bertz CT molecular complexity index is 509. The van der Waals surface area contributed by atoms with E-state index in [1.165, 1.54) is 12.8 Å². The fourth-order valence-electron chi connectivity index (χ4n) is 1.65. The molecule has 16 heavy (non-hydrogen) atoms. The van der Waals surface area contributed by atoms with Crippen molar-refractivity contribution in [3.05, 3.63) is 41.4 Å². The van der Waals surface area contributed by atoms with Crippen LogP contribution >= 0.6 is 11.6 Å². The van der Waals surface area contributed by atoms with Gasteiger partial charge in [0, 0.05) is 29.6 Å². The summed E-state index contributed by atoms with van der Waals surface area (Å²) in [4.78, 5) is 12.8. The van der Waals surface area contributed by atoms with Gasteiger partial charge in [0.1, 0.15) is 5.15 Å². The number of aromatic nitrogens is 3. The molecule has 0 unspecified atom stereocenters. The molecule has 0 bridgehead atoms. The summed E-state index contributed by atoms with van der Waals surface area (Å²) in [5.41, 5.74) is 1.96. The molecule has 1 saturated carbocycles. The monoisotopic (exact) mass is 231 g/mol. The second kappa shape index (κ2) is 3.83. The molecular weight excluding hydrogens is 222 g/mol. The van der Waals surface area contributed by atoms with Gasteiger partial charge in [-0.2, -0.15) is 0 Å². The van der Waals surface area contributed by atoms with Gasteiger partial charge < -0.3 is 0 Å². The third-order valence-corrected chi connectivity index (χ3v) is 2.82. The van der Waals surface area contributed by atoms with Crippen LogP contribution in [0.4, 0.5) is 0 Å². The first-order valence-electron chi connectivity index (χ1n) is 5.28. The summed E-state index contributed by atoms with van der Waals surface area (Å²) in [6, 6.07) is 5.67. The van der Waals surface area contributed by atoms with Crippen molar-refractivity contribution >= 4 is 11.6 Å². The lowest BCUT2D eigenvalue weighted by molar-refractivity contribution is 0.993. The Morgan fingerprint density at radius 2 is 2.12 bits per heavy atom. The van der Waals surface area contributed by atoms with E-state index in [2.05, 4.69) is 15.0 Å². The Morgan fingerprint density at radius 3 is 2.81 bits per heavy atom. The molecular formula is C12H10ClN3. The summed E-state index contributed by atoms with van der Waals surface area (Å²) < 4.78 is 0. The van der Waals surface area contributed by atoms with Crippen molar-refractivity contribution in [2.75, 3.05) is 0 Å². The van der Waals surface area contributed by atoms with Gasteiger partial charge >= 0.3 is 0 Å². The molecule has 0 spiro atoms. The molecule has 3 rings (SSSR count). The van der Waals surface area contributed by atoms with E-state index < -0.39 is 0 Å². The fourth-order valence-corrected chi connectivity index (χ4v) is 1.84. The van der Waals surface area contributed by atoms with E-state index >= 15 is 0 Å². The van der Waals surface area contributed by atoms with E-state index in [4.69, 9.17) is 11.6 Å². The molecule has 0 amide bonds. The zero-order chi connectivity index (χ0) is 11.0. The van der Waals surface area contributed by atoms with Crippen LogP contribution in [0.15, 0.2) is 30.6 Å². The number of rotatable bonds is 2. The minimum atomic E-state index is 0.510.